The zero-order valence-electron chi connectivity index (χ0n) is 5.87. The van der Waals surface area contributed by atoms with E-state index in [-0.39, 0.29) is 6.42 Å². The van der Waals surface area contributed by atoms with E-state index in [1.807, 2.05) is 0 Å². The SMILES string of the molecule is [CH2]CCC(=O)NCC(F)(F)F. The van der Waals surface area contributed by atoms with Gasteiger partial charge in [0.15, 0.2) is 0 Å². The monoisotopic (exact) mass is 168 g/mol. The first-order valence-electron chi connectivity index (χ1n) is 3.08. The Kier molecular flexibility index (Phi) is 3.92. The van der Waals surface area contributed by atoms with Crippen LogP contribution in [0.25, 0.3) is 0 Å². The fourth-order valence-corrected chi connectivity index (χ4v) is 0.448. The molecule has 1 amide bonds. The molecule has 5 heteroatoms. The molecule has 0 spiro atoms. The predicted molar refractivity (Wildman–Crippen MR) is 33.7 cm³/mol. The summed E-state index contributed by atoms with van der Waals surface area (Å²) in [5.41, 5.74) is 0. The third-order valence-electron chi connectivity index (χ3n) is 0.890. The van der Waals surface area contributed by atoms with Crippen molar-refractivity contribution < 1.29 is 18.0 Å². The number of hydrogen-bond acceptors (Lipinski definition) is 1. The zero-order chi connectivity index (χ0) is 8.91. The van der Waals surface area contributed by atoms with E-state index in [0.717, 1.165) is 0 Å². The molecule has 0 aromatic carbocycles. The Morgan fingerprint density at radius 2 is 2.00 bits per heavy atom. The third kappa shape index (κ3) is 7.15. The van der Waals surface area contributed by atoms with Crippen LogP contribution in [-0.2, 0) is 4.79 Å². The molecular formula is C6H9F3NO. The number of halogens is 3. The summed E-state index contributed by atoms with van der Waals surface area (Å²) in [6.07, 6.45) is -3.98. The van der Waals surface area contributed by atoms with E-state index in [9.17, 15) is 18.0 Å². The number of carbonyl (C=O) groups excluding carboxylic acids is 1. The molecule has 0 atom stereocenters. The lowest BCUT2D eigenvalue weighted by atomic mass is 10.3. The van der Waals surface area contributed by atoms with Crippen molar-refractivity contribution >= 4 is 5.91 Å². The van der Waals surface area contributed by atoms with Crippen LogP contribution in [-0.4, -0.2) is 18.6 Å². The minimum atomic E-state index is -4.32. The Balaban J connectivity index is 3.46. The molecule has 0 heterocycles. The number of carbonyl (C=O) groups is 1. The molecular weight excluding hydrogens is 159 g/mol. The third-order valence-corrected chi connectivity index (χ3v) is 0.890. The smallest absolute Gasteiger partial charge is 0.347 e. The van der Waals surface area contributed by atoms with Crippen LogP contribution in [0.2, 0.25) is 0 Å². The Bertz CT molecular complexity index is 132. The molecule has 0 aromatic heterocycles. The molecule has 0 saturated heterocycles. The zero-order valence-corrected chi connectivity index (χ0v) is 5.87. The van der Waals surface area contributed by atoms with Crippen molar-refractivity contribution in [2.45, 2.75) is 19.0 Å². The fraction of sp³-hybridized carbons (Fsp3) is 0.667. The predicted octanol–water partition coefficient (Wildman–Crippen LogP) is 1.28. The van der Waals surface area contributed by atoms with Crippen LogP contribution in [0.3, 0.4) is 0 Å². The molecule has 11 heavy (non-hydrogen) atoms. The maximum absolute atomic E-state index is 11.4. The van der Waals surface area contributed by atoms with Crippen LogP contribution in [0.4, 0.5) is 13.2 Å². The fourth-order valence-electron chi connectivity index (χ4n) is 0.448. The Morgan fingerprint density at radius 3 is 2.36 bits per heavy atom. The van der Waals surface area contributed by atoms with E-state index in [1.54, 1.807) is 5.32 Å². The van der Waals surface area contributed by atoms with Crippen molar-refractivity contribution in [2.24, 2.45) is 0 Å². The van der Waals surface area contributed by atoms with E-state index in [1.165, 1.54) is 0 Å². The standard InChI is InChI=1S/C6H9F3NO/c1-2-3-5(11)10-4-6(7,8)9/h1-4H2,(H,10,11). The molecule has 0 rings (SSSR count). The summed E-state index contributed by atoms with van der Waals surface area (Å²) in [7, 11) is 0. The largest absolute Gasteiger partial charge is 0.405 e. The minimum absolute atomic E-state index is 0.0378. The minimum Gasteiger partial charge on any atom is -0.347 e. The van der Waals surface area contributed by atoms with Crippen LogP contribution < -0.4 is 5.32 Å². The van der Waals surface area contributed by atoms with Gasteiger partial charge in [-0.3, -0.25) is 4.79 Å². The molecule has 2 nitrogen and oxygen atoms in total. The average Bonchev–Trinajstić information content (AvgIpc) is 1.83. The van der Waals surface area contributed by atoms with Gasteiger partial charge in [-0.15, -0.1) is 0 Å². The molecule has 65 valence electrons. The van der Waals surface area contributed by atoms with Gasteiger partial charge in [0.1, 0.15) is 6.54 Å². The van der Waals surface area contributed by atoms with Gasteiger partial charge < -0.3 is 5.32 Å². The van der Waals surface area contributed by atoms with Gasteiger partial charge in [0.05, 0.1) is 0 Å². The van der Waals surface area contributed by atoms with Crippen LogP contribution in [0.15, 0.2) is 0 Å². The van der Waals surface area contributed by atoms with Crippen LogP contribution in [0, 0.1) is 6.92 Å². The summed E-state index contributed by atoms with van der Waals surface area (Å²) in [6.45, 7) is 2.07. The van der Waals surface area contributed by atoms with Gasteiger partial charge >= 0.3 is 6.18 Å². The maximum Gasteiger partial charge on any atom is 0.405 e. The summed E-state index contributed by atoms with van der Waals surface area (Å²) in [6, 6.07) is 0. The van der Waals surface area contributed by atoms with E-state index >= 15 is 0 Å². The van der Waals surface area contributed by atoms with E-state index in [4.69, 9.17) is 0 Å². The molecule has 1 radical (unpaired) electrons. The van der Waals surface area contributed by atoms with Gasteiger partial charge in [-0.1, -0.05) is 6.92 Å². The number of nitrogens with one attached hydrogen (secondary N) is 1. The average molecular weight is 168 g/mol. The summed E-state index contributed by atoms with van der Waals surface area (Å²) in [4.78, 5) is 10.4. The number of amides is 1. The van der Waals surface area contributed by atoms with Gasteiger partial charge in [-0.25, -0.2) is 0 Å². The molecule has 0 bridgehead atoms. The first-order valence-corrected chi connectivity index (χ1v) is 3.08. The molecule has 1 N–H and O–H groups in total. The van der Waals surface area contributed by atoms with Crippen LogP contribution >= 0.6 is 0 Å². The van der Waals surface area contributed by atoms with Crippen molar-refractivity contribution in [2.75, 3.05) is 6.54 Å². The Labute approximate surface area is 62.8 Å². The highest BCUT2D eigenvalue weighted by molar-refractivity contribution is 5.75. The Hall–Kier alpha value is -0.740. The van der Waals surface area contributed by atoms with Crippen molar-refractivity contribution in [1.82, 2.24) is 5.32 Å². The van der Waals surface area contributed by atoms with Crippen molar-refractivity contribution in [3.05, 3.63) is 6.92 Å². The highest BCUT2D eigenvalue weighted by Crippen LogP contribution is 2.12. The van der Waals surface area contributed by atoms with Gasteiger partial charge in [-0.05, 0) is 6.42 Å². The lowest BCUT2D eigenvalue weighted by Gasteiger charge is -2.06. The van der Waals surface area contributed by atoms with Crippen molar-refractivity contribution in [1.29, 1.82) is 0 Å². The first kappa shape index (κ1) is 10.3. The summed E-state index contributed by atoms with van der Waals surface area (Å²) >= 11 is 0. The Morgan fingerprint density at radius 1 is 1.45 bits per heavy atom. The number of alkyl halides is 3. The molecule has 0 aromatic rings. The lowest BCUT2D eigenvalue weighted by Crippen LogP contribution is -2.33. The molecule has 0 aliphatic rings. The molecule has 0 saturated carbocycles. The summed E-state index contributed by atoms with van der Waals surface area (Å²) < 4.78 is 34.3. The van der Waals surface area contributed by atoms with Gasteiger partial charge in [-0.2, -0.15) is 13.2 Å². The van der Waals surface area contributed by atoms with Crippen molar-refractivity contribution in [3.8, 4) is 0 Å². The second-order valence-corrected chi connectivity index (χ2v) is 2.00. The summed E-state index contributed by atoms with van der Waals surface area (Å²) in [5, 5.41) is 1.72. The van der Waals surface area contributed by atoms with Gasteiger partial charge in [0.2, 0.25) is 5.91 Å². The topological polar surface area (TPSA) is 29.1 Å². The van der Waals surface area contributed by atoms with Crippen LogP contribution in [0.1, 0.15) is 12.8 Å². The lowest BCUT2D eigenvalue weighted by molar-refractivity contribution is -0.138. The van der Waals surface area contributed by atoms with E-state index in [0.29, 0.717) is 6.42 Å². The highest BCUT2D eigenvalue weighted by atomic mass is 19.4. The number of hydrogen-bond donors (Lipinski definition) is 1. The maximum atomic E-state index is 11.4. The van der Waals surface area contributed by atoms with Crippen LogP contribution in [0.5, 0.6) is 0 Å². The normalized spacial score (nSPS) is 11.3. The summed E-state index contributed by atoms with van der Waals surface area (Å²) in [5.74, 6) is -0.614. The molecule has 0 aliphatic heterocycles. The first-order chi connectivity index (χ1) is 4.95. The van der Waals surface area contributed by atoms with E-state index in [2.05, 4.69) is 6.92 Å². The molecule has 0 aliphatic carbocycles. The second-order valence-electron chi connectivity index (χ2n) is 2.00. The van der Waals surface area contributed by atoms with E-state index < -0.39 is 18.6 Å². The van der Waals surface area contributed by atoms with Crippen molar-refractivity contribution in [3.63, 3.8) is 0 Å². The quantitative estimate of drug-likeness (QED) is 0.675. The molecule has 0 fully saturated rings. The highest BCUT2D eigenvalue weighted by Gasteiger charge is 2.27. The number of rotatable bonds is 3. The van der Waals surface area contributed by atoms with Gasteiger partial charge in [0, 0.05) is 6.42 Å². The van der Waals surface area contributed by atoms with Gasteiger partial charge in [0.25, 0.3) is 0 Å². The second kappa shape index (κ2) is 4.20. The molecule has 0 unspecified atom stereocenters.